The maximum atomic E-state index is 12.2. The van der Waals surface area contributed by atoms with Gasteiger partial charge in [-0.05, 0) is 44.0 Å². The molecule has 2 heterocycles. The van der Waals surface area contributed by atoms with E-state index in [-0.39, 0.29) is 18.5 Å². The smallest absolute Gasteiger partial charge is 0.338 e. The number of rotatable bonds is 3. The van der Waals surface area contributed by atoms with Crippen LogP contribution in [0.3, 0.4) is 0 Å². The Morgan fingerprint density at radius 3 is 2.78 bits per heavy atom. The van der Waals surface area contributed by atoms with Gasteiger partial charge >= 0.3 is 5.97 Å². The molecule has 0 saturated carbocycles. The van der Waals surface area contributed by atoms with E-state index >= 15 is 0 Å². The summed E-state index contributed by atoms with van der Waals surface area (Å²) >= 11 is 1.54. The zero-order valence-electron chi connectivity index (χ0n) is 13.4. The van der Waals surface area contributed by atoms with Gasteiger partial charge in [0, 0.05) is 24.0 Å². The van der Waals surface area contributed by atoms with Gasteiger partial charge in [-0.15, -0.1) is 11.3 Å². The van der Waals surface area contributed by atoms with E-state index in [1.54, 1.807) is 29.2 Å². The minimum absolute atomic E-state index is 0.0218. The zero-order valence-corrected chi connectivity index (χ0v) is 14.2. The van der Waals surface area contributed by atoms with Gasteiger partial charge in [-0.25, -0.2) is 9.78 Å². The van der Waals surface area contributed by atoms with Crippen LogP contribution in [0.4, 0.5) is 5.69 Å². The molecule has 0 atom stereocenters. The molecular weight excluding hydrogens is 312 g/mol. The molecule has 0 unspecified atom stereocenters. The predicted molar refractivity (Wildman–Crippen MR) is 88.9 cm³/mol. The number of anilines is 1. The fourth-order valence-electron chi connectivity index (χ4n) is 2.67. The van der Waals surface area contributed by atoms with Crippen molar-refractivity contribution in [1.29, 1.82) is 0 Å². The van der Waals surface area contributed by atoms with Crippen LogP contribution in [-0.2, 0) is 22.6 Å². The Bertz CT molecular complexity index is 763. The summed E-state index contributed by atoms with van der Waals surface area (Å²) in [6.45, 7) is 6.35. The Kier molecular flexibility index (Phi) is 4.17. The zero-order chi connectivity index (χ0) is 16.6. The molecule has 1 aromatic heterocycles. The number of hydrogen-bond acceptors (Lipinski definition) is 5. The van der Waals surface area contributed by atoms with Crippen molar-refractivity contribution in [2.75, 3.05) is 11.4 Å². The normalized spacial score (nSPS) is 13.1. The van der Waals surface area contributed by atoms with Crippen LogP contribution in [0.25, 0.3) is 0 Å². The van der Waals surface area contributed by atoms with Gasteiger partial charge < -0.3 is 9.64 Å². The Morgan fingerprint density at radius 2 is 2.13 bits per heavy atom. The van der Waals surface area contributed by atoms with E-state index in [4.69, 9.17) is 4.74 Å². The molecule has 0 radical (unpaired) electrons. The van der Waals surface area contributed by atoms with Crippen molar-refractivity contribution < 1.29 is 14.3 Å². The number of aromatic nitrogens is 1. The molecule has 0 fully saturated rings. The van der Waals surface area contributed by atoms with Gasteiger partial charge in [0.25, 0.3) is 0 Å². The first-order chi connectivity index (χ1) is 11.0. The number of hydrogen-bond donors (Lipinski definition) is 0. The second kappa shape index (κ2) is 6.12. The van der Waals surface area contributed by atoms with Gasteiger partial charge in [0.05, 0.1) is 11.3 Å². The van der Waals surface area contributed by atoms with E-state index in [0.717, 1.165) is 33.3 Å². The van der Waals surface area contributed by atoms with Crippen LogP contribution in [0, 0.1) is 13.8 Å². The summed E-state index contributed by atoms with van der Waals surface area (Å²) in [4.78, 5) is 31.0. The van der Waals surface area contributed by atoms with Crippen molar-refractivity contribution in [3.63, 3.8) is 0 Å². The molecular formula is C17H18N2O3S. The number of benzene rings is 1. The largest absolute Gasteiger partial charge is 0.455 e. The number of nitrogens with zero attached hydrogens (tertiary/aromatic N) is 2. The number of fused-ring (bicyclic) bond motifs is 1. The van der Waals surface area contributed by atoms with Crippen molar-refractivity contribution in [3.05, 3.63) is 44.9 Å². The lowest BCUT2D eigenvalue weighted by Crippen LogP contribution is -2.25. The average molecular weight is 330 g/mol. The first kappa shape index (κ1) is 15.7. The standard InChI is InChI=1S/C17H18N2O3S/c1-10-11(2)23-16(18-10)9-22-17(21)14-4-5-15-13(8-14)6-7-19(15)12(3)20/h4-5,8H,6-7,9H2,1-3H3. The molecule has 0 aliphatic carbocycles. The van der Waals surface area contributed by atoms with E-state index in [1.165, 1.54) is 0 Å². The van der Waals surface area contributed by atoms with Crippen LogP contribution >= 0.6 is 11.3 Å². The number of carbonyl (C=O) groups is 2. The lowest BCUT2D eigenvalue weighted by Gasteiger charge is -2.14. The minimum Gasteiger partial charge on any atom is -0.455 e. The highest BCUT2D eigenvalue weighted by molar-refractivity contribution is 7.11. The quantitative estimate of drug-likeness (QED) is 0.812. The van der Waals surface area contributed by atoms with Crippen LogP contribution in [0.2, 0.25) is 0 Å². The van der Waals surface area contributed by atoms with Gasteiger partial charge in [-0.3, -0.25) is 4.79 Å². The number of esters is 1. The molecule has 0 N–H and O–H groups in total. The van der Waals surface area contributed by atoms with Gasteiger partial charge in [0.1, 0.15) is 11.6 Å². The summed E-state index contributed by atoms with van der Waals surface area (Å²) in [6.07, 6.45) is 0.765. The maximum absolute atomic E-state index is 12.2. The van der Waals surface area contributed by atoms with E-state index in [9.17, 15) is 9.59 Å². The molecule has 0 bridgehead atoms. The van der Waals surface area contributed by atoms with Crippen molar-refractivity contribution in [2.45, 2.75) is 33.8 Å². The van der Waals surface area contributed by atoms with Gasteiger partial charge in [-0.2, -0.15) is 0 Å². The molecule has 1 aliphatic heterocycles. The van der Waals surface area contributed by atoms with Crippen LogP contribution in [-0.4, -0.2) is 23.4 Å². The topological polar surface area (TPSA) is 59.5 Å². The third-order valence-electron chi connectivity index (χ3n) is 3.99. The Labute approximate surface area is 138 Å². The molecule has 6 heteroatoms. The van der Waals surface area contributed by atoms with Crippen LogP contribution in [0.1, 0.15) is 38.4 Å². The molecule has 120 valence electrons. The van der Waals surface area contributed by atoms with Crippen LogP contribution in [0.5, 0.6) is 0 Å². The Morgan fingerprint density at radius 1 is 1.35 bits per heavy atom. The first-order valence-corrected chi connectivity index (χ1v) is 8.28. The summed E-state index contributed by atoms with van der Waals surface area (Å²) in [5.74, 6) is -0.340. The minimum atomic E-state index is -0.361. The molecule has 1 aliphatic rings. The Hall–Kier alpha value is -2.21. The number of thiazole rings is 1. The molecule has 0 saturated heterocycles. The second-order valence-corrected chi connectivity index (χ2v) is 6.88. The fraction of sp³-hybridized carbons (Fsp3) is 0.353. The summed E-state index contributed by atoms with van der Waals surface area (Å²) in [5.41, 5.74) is 3.39. The highest BCUT2D eigenvalue weighted by atomic mass is 32.1. The van der Waals surface area contributed by atoms with E-state index in [0.29, 0.717) is 12.1 Å². The summed E-state index contributed by atoms with van der Waals surface area (Å²) in [7, 11) is 0. The van der Waals surface area contributed by atoms with Crippen molar-refractivity contribution >= 4 is 28.9 Å². The lowest BCUT2D eigenvalue weighted by molar-refractivity contribution is -0.116. The van der Waals surface area contributed by atoms with Gasteiger partial charge in [0.2, 0.25) is 5.91 Å². The second-order valence-electron chi connectivity index (χ2n) is 5.59. The predicted octanol–water partition coefficient (Wildman–Crippen LogP) is 3.03. The summed E-state index contributed by atoms with van der Waals surface area (Å²) in [6, 6.07) is 5.34. The number of amides is 1. The SMILES string of the molecule is CC(=O)N1CCc2cc(C(=O)OCc3nc(C)c(C)s3)ccc21. The van der Waals surface area contributed by atoms with E-state index in [1.807, 2.05) is 26.0 Å². The van der Waals surface area contributed by atoms with Crippen LogP contribution < -0.4 is 4.90 Å². The highest BCUT2D eigenvalue weighted by Gasteiger charge is 2.23. The van der Waals surface area contributed by atoms with Gasteiger partial charge in [-0.1, -0.05) is 0 Å². The van der Waals surface area contributed by atoms with Crippen molar-refractivity contribution in [2.24, 2.45) is 0 Å². The average Bonchev–Trinajstić information content (AvgIpc) is 3.08. The van der Waals surface area contributed by atoms with E-state index < -0.39 is 0 Å². The Balaban J connectivity index is 1.70. The van der Waals surface area contributed by atoms with Gasteiger partial charge in [0.15, 0.2) is 0 Å². The summed E-state index contributed by atoms with van der Waals surface area (Å²) in [5, 5.41) is 0.803. The highest BCUT2D eigenvalue weighted by Crippen LogP contribution is 2.29. The third kappa shape index (κ3) is 3.12. The molecule has 23 heavy (non-hydrogen) atoms. The number of carbonyl (C=O) groups excluding carboxylic acids is 2. The molecule has 1 amide bonds. The molecule has 3 rings (SSSR count). The monoisotopic (exact) mass is 330 g/mol. The molecule has 2 aromatic rings. The first-order valence-electron chi connectivity index (χ1n) is 7.47. The maximum Gasteiger partial charge on any atom is 0.338 e. The molecule has 1 aromatic carbocycles. The van der Waals surface area contributed by atoms with Crippen LogP contribution in [0.15, 0.2) is 18.2 Å². The van der Waals surface area contributed by atoms with Crippen molar-refractivity contribution in [1.82, 2.24) is 4.98 Å². The summed E-state index contributed by atoms with van der Waals surface area (Å²) < 4.78 is 5.34. The third-order valence-corrected chi connectivity index (χ3v) is 5.04. The molecule has 0 spiro atoms. The van der Waals surface area contributed by atoms with Crippen molar-refractivity contribution in [3.8, 4) is 0 Å². The number of aryl methyl sites for hydroxylation is 2. The van der Waals surface area contributed by atoms with E-state index in [2.05, 4.69) is 4.98 Å². The molecule has 5 nitrogen and oxygen atoms in total. The number of ether oxygens (including phenoxy) is 1. The lowest BCUT2D eigenvalue weighted by atomic mass is 10.1. The fourth-order valence-corrected chi connectivity index (χ4v) is 3.51.